The van der Waals surface area contributed by atoms with E-state index in [9.17, 15) is 4.79 Å². The van der Waals surface area contributed by atoms with Crippen LogP contribution in [0.15, 0.2) is 24.3 Å². The van der Waals surface area contributed by atoms with Gasteiger partial charge in [0.15, 0.2) is 0 Å². The molecule has 2 fully saturated rings. The Morgan fingerprint density at radius 2 is 2.04 bits per heavy atom. The third-order valence-corrected chi connectivity index (χ3v) is 4.88. The predicted octanol–water partition coefficient (Wildman–Crippen LogP) is 1.66. The van der Waals surface area contributed by atoms with Crippen molar-refractivity contribution in [3.63, 3.8) is 0 Å². The first kappa shape index (κ1) is 16.3. The van der Waals surface area contributed by atoms with E-state index in [1.165, 1.54) is 11.3 Å². The highest BCUT2D eigenvalue weighted by molar-refractivity contribution is 5.79. The SMILES string of the molecule is N[C@H]1CCC[C@H](C(=O)NCc2ccccc2N2CCOCC2)C1. The highest BCUT2D eigenvalue weighted by Crippen LogP contribution is 2.24. The number of hydrogen-bond donors (Lipinski definition) is 2. The Labute approximate surface area is 138 Å². The summed E-state index contributed by atoms with van der Waals surface area (Å²) in [5.41, 5.74) is 8.37. The number of nitrogens with one attached hydrogen (secondary N) is 1. The average molecular weight is 317 g/mol. The summed E-state index contributed by atoms with van der Waals surface area (Å²) < 4.78 is 5.43. The van der Waals surface area contributed by atoms with Crippen LogP contribution in [0.5, 0.6) is 0 Å². The minimum absolute atomic E-state index is 0.0781. The molecule has 2 aliphatic rings. The molecule has 5 heteroatoms. The van der Waals surface area contributed by atoms with Crippen LogP contribution in [0.4, 0.5) is 5.69 Å². The van der Waals surface area contributed by atoms with Crippen LogP contribution in [-0.2, 0) is 16.1 Å². The number of ether oxygens (including phenoxy) is 1. The van der Waals surface area contributed by atoms with Crippen LogP contribution < -0.4 is 16.0 Å². The average Bonchev–Trinajstić information content (AvgIpc) is 2.60. The maximum atomic E-state index is 12.4. The summed E-state index contributed by atoms with van der Waals surface area (Å²) in [5, 5.41) is 3.12. The molecule has 0 spiro atoms. The monoisotopic (exact) mass is 317 g/mol. The van der Waals surface area contributed by atoms with Gasteiger partial charge < -0.3 is 20.7 Å². The van der Waals surface area contributed by atoms with E-state index in [2.05, 4.69) is 28.4 Å². The van der Waals surface area contributed by atoms with Gasteiger partial charge in [-0.2, -0.15) is 0 Å². The molecule has 0 radical (unpaired) electrons. The van der Waals surface area contributed by atoms with Gasteiger partial charge in [-0.25, -0.2) is 0 Å². The van der Waals surface area contributed by atoms with Gasteiger partial charge in [0.2, 0.25) is 5.91 Å². The first-order chi connectivity index (χ1) is 11.2. The fourth-order valence-electron chi connectivity index (χ4n) is 3.57. The number of rotatable bonds is 4. The molecule has 5 nitrogen and oxygen atoms in total. The van der Waals surface area contributed by atoms with Gasteiger partial charge in [0, 0.05) is 37.3 Å². The quantitative estimate of drug-likeness (QED) is 0.886. The molecule has 1 heterocycles. The molecule has 23 heavy (non-hydrogen) atoms. The second kappa shape index (κ2) is 7.79. The molecule has 1 aromatic rings. The summed E-state index contributed by atoms with van der Waals surface area (Å²) in [4.78, 5) is 14.7. The molecule has 3 rings (SSSR count). The Morgan fingerprint density at radius 1 is 1.26 bits per heavy atom. The van der Waals surface area contributed by atoms with E-state index in [-0.39, 0.29) is 17.9 Å². The molecule has 0 bridgehead atoms. The topological polar surface area (TPSA) is 67.6 Å². The number of carbonyl (C=O) groups excluding carboxylic acids is 1. The van der Waals surface area contributed by atoms with E-state index < -0.39 is 0 Å². The van der Waals surface area contributed by atoms with Gasteiger partial charge in [0.1, 0.15) is 0 Å². The lowest BCUT2D eigenvalue weighted by Gasteiger charge is -2.31. The summed E-state index contributed by atoms with van der Waals surface area (Å²) in [6.07, 6.45) is 3.88. The Bertz CT molecular complexity index is 529. The number of amides is 1. The van der Waals surface area contributed by atoms with Crippen molar-refractivity contribution in [2.24, 2.45) is 11.7 Å². The zero-order valence-electron chi connectivity index (χ0n) is 13.7. The molecule has 126 valence electrons. The van der Waals surface area contributed by atoms with Crippen molar-refractivity contribution < 1.29 is 9.53 Å². The predicted molar refractivity (Wildman–Crippen MR) is 91.3 cm³/mol. The molecule has 2 atom stereocenters. The van der Waals surface area contributed by atoms with Gasteiger partial charge in [0.05, 0.1) is 13.2 Å². The Balaban J connectivity index is 1.60. The fraction of sp³-hybridized carbons (Fsp3) is 0.611. The van der Waals surface area contributed by atoms with Crippen LogP contribution in [0.2, 0.25) is 0 Å². The van der Waals surface area contributed by atoms with E-state index in [1.54, 1.807) is 0 Å². The summed E-state index contributed by atoms with van der Waals surface area (Å²) in [6.45, 7) is 3.92. The molecule has 1 aromatic carbocycles. The lowest BCUT2D eigenvalue weighted by Crippen LogP contribution is -2.39. The number of carbonyl (C=O) groups is 1. The maximum Gasteiger partial charge on any atom is 0.223 e. The van der Waals surface area contributed by atoms with Crippen molar-refractivity contribution in [2.45, 2.75) is 38.3 Å². The molecule has 1 saturated carbocycles. The van der Waals surface area contributed by atoms with Crippen LogP contribution in [0.3, 0.4) is 0 Å². The van der Waals surface area contributed by atoms with Crippen LogP contribution in [-0.4, -0.2) is 38.3 Å². The molecular weight excluding hydrogens is 290 g/mol. The number of nitrogens with two attached hydrogens (primary N) is 1. The standard InChI is InChI=1S/C18H27N3O2/c19-16-6-3-5-14(12-16)18(22)20-13-15-4-1-2-7-17(15)21-8-10-23-11-9-21/h1-2,4,7,14,16H,3,5-6,8-13,19H2,(H,20,22)/t14-,16-/m0/s1. The third-order valence-electron chi connectivity index (χ3n) is 4.88. The molecule has 3 N–H and O–H groups in total. The third kappa shape index (κ3) is 4.24. The zero-order chi connectivity index (χ0) is 16.1. The van der Waals surface area contributed by atoms with Crippen molar-refractivity contribution in [3.05, 3.63) is 29.8 Å². The van der Waals surface area contributed by atoms with E-state index in [4.69, 9.17) is 10.5 Å². The van der Waals surface area contributed by atoms with Crippen molar-refractivity contribution in [3.8, 4) is 0 Å². The lowest BCUT2D eigenvalue weighted by atomic mass is 9.85. The first-order valence-corrected chi connectivity index (χ1v) is 8.68. The van der Waals surface area contributed by atoms with Crippen LogP contribution in [0.1, 0.15) is 31.2 Å². The first-order valence-electron chi connectivity index (χ1n) is 8.68. The minimum Gasteiger partial charge on any atom is -0.378 e. The van der Waals surface area contributed by atoms with Gasteiger partial charge in [-0.1, -0.05) is 24.6 Å². The second-order valence-corrected chi connectivity index (χ2v) is 6.57. The van der Waals surface area contributed by atoms with Crippen LogP contribution in [0, 0.1) is 5.92 Å². The molecule has 1 amide bonds. The van der Waals surface area contributed by atoms with E-state index >= 15 is 0 Å². The largest absolute Gasteiger partial charge is 0.378 e. The minimum atomic E-state index is 0.0781. The molecule has 1 aliphatic heterocycles. The van der Waals surface area contributed by atoms with E-state index in [0.29, 0.717) is 6.54 Å². The lowest BCUT2D eigenvalue weighted by molar-refractivity contribution is -0.126. The van der Waals surface area contributed by atoms with Gasteiger partial charge in [-0.05, 0) is 30.9 Å². The van der Waals surface area contributed by atoms with Gasteiger partial charge >= 0.3 is 0 Å². The fourth-order valence-corrected chi connectivity index (χ4v) is 3.57. The summed E-state index contributed by atoms with van der Waals surface area (Å²) in [5.74, 6) is 0.228. The second-order valence-electron chi connectivity index (χ2n) is 6.57. The number of para-hydroxylation sites is 1. The Kier molecular flexibility index (Phi) is 5.51. The van der Waals surface area contributed by atoms with Crippen LogP contribution >= 0.6 is 0 Å². The van der Waals surface area contributed by atoms with Gasteiger partial charge in [-0.3, -0.25) is 4.79 Å². The van der Waals surface area contributed by atoms with Crippen molar-refractivity contribution >= 4 is 11.6 Å². The molecule has 0 aromatic heterocycles. The normalized spacial score (nSPS) is 25.2. The van der Waals surface area contributed by atoms with Crippen molar-refractivity contribution in [2.75, 3.05) is 31.2 Å². The molecular formula is C18H27N3O2. The number of benzene rings is 1. The van der Waals surface area contributed by atoms with E-state index in [1.807, 2.05) is 6.07 Å². The molecule has 1 saturated heterocycles. The molecule has 0 unspecified atom stereocenters. The van der Waals surface area contributed by atoms with Crippen molar-refractivity contribution in [1.82, 2.24) is 5.32 Å². The maximum absolute atomic E-state index is 12.4. The smallest absolute Gasteiger partial charge is 0.223 e. The summed E-state index contributed by atoms with van der Waals surface area (Å²) >= 11 is 0. The number of anilines is 1. The number of hydrogen-bond acceptors (Lipinski definition) is 4. The van der Waals surface area contributed by atoms with E-state index in [0.717, 1.165) is 52.0 Å². The van der Waals surface area contributed by atoms with Gasteiger partial charge in [0.25, 0.3) is 0 Å². The number of morpholine rings is 1. The summed E-state index contributed by atoms with van der Waals surface area (Å²) in [7, 11) is 0. The summed E-state index contributed by atoms with van der Waals surface area (Å²) in [6, 6.07) is 8.49. The Hall–Kier alpha value is -1.59. The van der Waals surface area contributed by atoms with Gasteiger partial charge in [-0.15, -0.1) is 0 Å². The number of nitrogens with zero attached hydrogens (tertiary/aromatic N) is 1. The highest BCUT2D eigenvalue weighted by Gasteiger charge is 2.25. The van der Waals surface area contributed by atoms with Crippen LogP contribution in [0.25, 0.3) is 0 Å². The molecule has 1 aliphatic carbocycles. The zero-order valence-corrected chi connectivity index (χ0v) is 13.7. The Morgan fingerprint density at radius 3 is 2.83 bits per heavy atom. The highest BCUT2D eigenvalue weighted by atomic mass is 16.5. The van der Waals surface area contributed by atoms with Crippen molar-refractivity contribution in [1.29, 1.82) is 0 Å².